The summed E-state index contributed by atoms with van der Waals surface area (Å²) < 4.78 is 0. The molecule has 1 aromatic heterocycles. The van der Waals surface area contributed by atoms with Gasteiger partial charge in [0.2, 0.25) is 5.91 Å². The van der Waals surface area contributed by atoms with Crippen LogP contribution in [0.5, 0.6) is 0 Å². The molecule has 110 valence electrons. The van der Waals surface area contributed by atoms with E-state index >= 15 is 0 Å². The highest BCUT2D eigenvalue weighted by atomic mass is 32.1. The van der Waals surface area contributed by atoms with Crippen molar-refractivity contribution >= 4 is 22.4 Å². The van der Waals surface area contributed by atoms with Crippen LogP contribution in [0.25, 0.3) is 0 Å². The van der Waals surface area contributed by atoms with Crippen LogP contribution in [0, 0.1) is 0 Å². The summed E-state index contributed by atoms with van der Waals surface area (Å²) in [6, 6.07) is -0.0852. The Bertz CT molecular complexity index is 458. The Hall–Kier alpha value is -0.980. The first-order chi connectivity index (χ1) is 9.74. The SMILES string of the molecule is CC(C(=O)Nc1nc2c(s1)CCCC2)N1CCNCC1. The molecule has 1 amide bonds. The molecule has 2 N–H and O–H groups in total. The van der Waals surface area contributed by atoms with Gasteiger partial charge in [-0.05, 0) is 32.6 Å². The number of hydrogen-bond acceptors (Lipinski definition) is 5. The van der Waals surface area contributed by atoms with Crippen molar-refractivity contribution < 1.29 is 4.79 Å². The van der Waals surface area contributed by atoms with Gasteiger partial charge in [0.25, 0.3) is 0 Å². The molecule has 6 heteroatoms. The number of hydrogen-bond donors (Lipinski definition) is 2. The number of carbonyl (C=O) groups excluding carboxylic acids is 1. The summed E-state index contributed by atoms with van der Waals surface area (Å²) in [7, 11) is 0. The highest BCUT2D eigenvalue weighted by Crippen LogP contribution is 2.29. The average molecular weight is 294 g/mol. The van der Waals surface area contributed by atoms with Gasteiger partial charge in [0, 0.05) is 31.1 Å². The molecule has 1 aliphatic heterocycles. The summed E-state index contributed by atoms with van der Waals surface area (Å²) in [4.78, 5) is 20.5. The zero-order chi connectivity index (χ0) is 13.9. The number of nitrogens with zero attached hydrogens (tertiary/aromatic N) is 2. The Labute approximate surface area is 123 Å². The van der Waals surface area contributed by atoms with E-state index in [0.717, 1.165) is 44.2 Å². The van der Waals surface area contributed by atoms with Gasteiger partial charge in [-0.25, -0.2) is 4.98 Å². The van der Waals surface area contributed by atoms with Gasteiger partial charge in [-0.3, -0.25) is 9.69 Å². The molecule has 1 unspecified atom stereocenters. The molecule has 0 radical (unpaired) electrons. The predicted molar refractivity (Wildman–Crippen MR) is 81.3 cm³/mol. The van der Waals surface area contributed by atoms with Crippen LogP contribution in [0.15, 0.2) is 0 Å². The van der Waals surface area contributed by atoms with Gasteiger partial charge in [0.1, 0.15) is 0 Å². The first-order valence-electron chi connectivity index (χ1n) is 7.48. The van der Waals surface area contributed by atoms with Gasteiger partial charge in [-0.2, -0.15) is 0 Å². The van der Waals surface area contributed by atoms with Crippen molar-refractivity contribution in [1.29, 1.82) is 0 Å². The fraction of sp³-hybridized carbons (Fsp3) is 0.714. The maximum Gasteiger partial charge on any atom is 0.243 e. The number of carbonyl (C=O) groups is 1. The third-order valence-electron chi connectivity index (χ3n) is 4.15. The molecule has 1 atom stereocenters. The molecule has 0 saturated carbocycles. The minimum absolute atomic E-state index is 0.0676. The molecule has 0 aromatic carbocycles. The number of piperazine rings is 1. The molecule has 3 rings (SSSR count). The molecule has 20 heavy (non-hydrogen) atoms. The molecular weight excluding hydrogens is 272 g/mol. The molecule has 0 spiro atoms. The lowest BCUT2D eigenvalue weighted by atomic mass is 10.0. The Morgan fingerprint density at radius 2 is 2.10 bits per heavy atom. The van der Waals surface area contributed by atoms with Crippen LogP contribution in [-0.2, 0) is 17.6 Å². The second-order valence-electron chi connectivity index (χ2n) is 5.55. The first kappa shape index (κ1) is 14.0. The highest BCUT2D eigenvalue weighted by molar-refractivity contribution is 7.15. The van der Waals surface area contributed by atoms with Gasteiger partial charge in [-0.15, -0.1) is 11.3 Å². The van der Waals surface area contributed by atoms with Crippen molar-refractivity contribution in [3.05, 3.63) is 10.6 Å². The maximum atomic E-state index is 12.3. The van der Waals surface area contributed by atoms with E-state index in [-0.39, 0.29) is 11.9 Å². The van der Waals surface area contributed by atoms with Crippen molar-refractivity contribution in [2.45, 2.75) is 38.6 Å². The van der Waals surface area contributed by atoms with E-state index in [1.807, 2.05) is 6.92 Å². The topological polar surface area (TPSA) is 57.3 Å². The number of amides is 1. The monoisotopic (exact) mass is 294 g/mol. The van der Waals surface area contributed by atoms with E-state index in [4.69, 9.17) is 0 Å². The lowest BCUT2D eigenvalue weighted by Gasteiger charge is -2.31. The van der Waals surface area contributed by atoms with E-state index in [2.05, 4.69) is 20.5 Å². The van der Waals surface area contributed by atoms with Crippen molar-refractivity contribution in [3.63, 3.8) is 0 Å². The van der Waals surface area contributed by atoms with Crippen LogP contribution in [0.2, 0.25) is 0 Å². The van der Waals surface area contributed by atoms with Gasteiger partial charge < -0.3 is 10.6 Å². The van der Waals surface area contributed by atoms with Gasteiger partial charge in [0.05, 0.1) is 11.7 Å². The van der Waals surface area contributed by atoms with E-state index in [1.54, 1.807) is 11.3 Å². The van der Waals surface area contributed by atoms with E-state index in [9.17, 15) is 4.79 Å². The van der Waals surface area contributed by atoms with E-state index in [0.29, 0.717) is 0 Å². The van der Waals surface area contributed by atoms with Crippen LogP contribution >= 0.6 is 11.3 Å². The molecule has 0 bridgehead atoms. The number of thiazole rings is 1. The Kier molecular flexibility index (Phi) is 4.33. The minimum Gasteiger partial charge on any atom is -0.314 e. The normalized spacial score (nSPS) is 21.2. The molecule has 2 heterocycles. The van der Waals surface area contributed by atoms with Gasteiger partial charge in [-0.1, -0.05) is 0 Å². The number of rotatable bonds is 3. The minimum atomic E-state index is -0.0852. The Morgan fingerprint density at radius 3 is 2.85 bits per heavy atom. The van der Waals surface area contributed by atoms with Crippen LogP contribution in [-0.4, -0.2) is 48.0 Å². The largest absolute Gasteiger partial charge is 0.314 e. The standard InChI is InChI=1S/C14H22N4OS/c1-10(18-8-6-15-7-9-18)13(19)17-14-16-11-4-2-3-5-12(11)20-14/h10,15H,2-9H2,1H3,(H,16,17,19). The smallest absolute Gasteiger partial charge is 0.243 e. The average Bonchev–Trinajstić information content (AvgIpc) is 2.89. The van der Waals surface area contributed by atoms with Crippen molar-refractivity contribution in [3.8, 4) is 0 Å². The van der Waals surface area contributed by atoms with Crippen molar-refractivity contribution in [2.75, 3.05) is 31.5 Å². The zero-order valence-corrected chi connectivity index (χ0v) is 12.8. The lowest BCUT2D eigenvalue weighted by Crippen LogP contribution is -2.51. The van der Waals surface area contributed by atoms with Gasteiger partial charge >= 0.3 is 0 Å². The number of fused-ring (bicyclic) bond motifs is 1. The summed E-state index contributed by atoms with van der Waals surface area (Å²) in [5, 5.41) is 7.09. The number of anilines is 1. The Balaban J connectivity index is 1.61. The summed E-state index contributed by atoms with van der Waals surface area (Å²) in [6.07, 6.45) is 4.66. The summed E-state index contributed by atoms with van der Waals surface area (Å²) in [6.45, 7) is 5.77. The van der Waals surface area contributed by atoms with Crippen molar-refractivity contribution in [1.82, 2.24) is 15.2 Å². The van der Waals surface area contributed by atoms with Crippen LogP contribution in [0.1, 0.15) is 30.3 Å². The summed E-state index contributed by atoms with van der Waals surface area (Å²) in [5.74, 6) is 0.0676. The maximum absolute atomic E-state index is 12.3. The quantitative estimate of drug-likeness (QED) is 0.881. The van der Waals surface area contributed by atoms with Crippen LogP contribution in [0.3, 0.4) is 0 Å². The zero-order valence-electron chi connectivity index (χ0n) is 11.9. The molecule has 1 aliphatic carbocycles. The molecule has 1 saturated heterocycles. The second-order valence-corrected chi connectivity index (χ2v) is 6.63. The van der Waals surface area contributed by atoms with Gasteiger partial charge in [0.15, 0.2) is 5.13 Å². The third-order valence-corrected chi connectivity index (χ3v) is 5.23. The number of nitrogens with one attached hydrogen (secondary N) is 2. The molecule has 2 aliphatic rings. The number of aromatic nitrogens is 1. The first-order valence-corrected chi connectivity index (χ1v) is 8.30. The summed E-state index contributed by atoms with van der Waals surface area (Å²) in [5.41, 5.74) is 1.20. The second kappa shape index (κ2) is 6.20. The predicted octanol–water partition coefficient (Wildman–Crippen LogP) is 1.25. The van der Waals surface area contributed by atoms with E-state index in [1.165, 1.54) is 23.4 Å². The van der Waals surface area contributed by atoms with Crippen LogP contribution in [0.4, 0.5) is 5.13 Å². The van der Waals surface area contributed by atoms with E-state index < -0.39 is 0 Å². The fourth-order valence-electron chi connectivity index (χ4n) is 2.85. The molecule has 1 fully saturated rings. The fourth-order valence-corrected chi connectivity index (χ4v) is 3.90. The highest BCUT2D eigenvalue weighted by Gasteiger charge is 2.24. The van der Waals surface area contributed by atoms with Crippen LogP contribution < -0.4 is 10.6 Å². The number of aryl methyl sites for hydroxylation is 2. The Morgan fingerprint density at radius 1 is 1.35 bits per heavy atom. The summed E-state index contributed by atoms with van der Waals surface area (Å²) >= 11 is 1.65. The molecule has 1 aromatic rings. The lowest BCUT2D eigenvalue weighted by molar-refractivity contribution is -0.120. The third kappa shape index (κ3) is 3.02. The molecular formula is C14H22N4OS. The van der Waals surface area contributed by atoms with Crippen molar-refractivity contribution in [2.24, 2.45) is 0 Å². The molecule has 5 nitrogen and oxygen atoms in total.